The van der Waals surface area contributed by atoms with E-state index in [0.29, 0.717) is 16.5 Å². The molecule has 0 N–H and O–H groups in total. The van der Waals surface area contributed by atoms with Gasteiger partial charge in [-0.15, -0.1) is 0 Å². The Morgan fingerprint density at radius 3 is 2.56 bits per heavy atom. The highest BCUT2D eigenvalue weighted by molar-refractivity contribution is 7.89. The Labute approximate surface area is 152 Å². The lowest BCUT2D eigenvalue weighted by molar-refractivity contribution is 0.119. The third kappa shape index (κ3) is 4.29. The molecule has 1 aliphatic rings. The number of benzene rings is 1. The van der Waals surface area contributed by atoms with Gasteiger partial charge in [-0.05, 0) is 37.0 Å². The van der Waals surface area contributed by atoms with Crippen molar-refractivity contribution in [2.75, 3.05) is 13.1 Å². The lowest BCUT2D eigenvalue weighted by Gasteiger charge is -2.31. The predicted molar refractivity (Wildman–Crippen MR) is 95.3 cm³/mol. The molecule has 0 amide bonds. The molecule has 0 radical (unpaired) electrons. The van der Waals surface area contributed by atoms with Crippen LogP contribution in [-0.4, -0.2) is 41.9 Å². The molecule has 1 unspecified atom stereocenters. The number of aromatic nitrogens is 2. The van der Waals surface area contributed by atoms with E-state index in [4.69, 9.17) is 16.3 Å². The van der Waals surface area contributed by atoms with E-state index in [9.17, 15) is 8.42 Å². The van der Waals surface area contributed by atoms with Crippen LogP contribution in [0.5, 0.6) is 6.01 Å². The van der Waals surface area contributed by atoms with E-state index in [1.165, 1.54) is 16.7 Å². The van der Waals surface area contributed by atoms with Crippen molar-refractivity contribution in [2.45, 2.75) is 37.2 Å². The van der Waals surface area contributed by atoms with Crippen LogP contribution in [-0.2, 0) is 16.4 Å². The molecule has 0 aliphatic carbocycles. The van der Waals surface area contributed by atoms with Gasteiger partial charge in [-0.2, -0.15) is 4.31 Å². The summed E-state index contributed by atoms with van der Waals surface area (Å²) < 4.78 is 32.9. The van der Waals surface area contributed by atoms with Gasteiger partial charge in [-0.1, -0.05) is 30.7 Å². The summed E-state index contributed by atoms with van der Waals surface area (Å²) in [6, 6.07) is 7.25. The Hall–Kier alpha value is -1.70. The summed E-state index contributed by atoms with van der Waals surface area (Å²) in [5.41, 5.74) is 1.11. The highest BCUT2D eigenvalue weighted by Crippen LogP contribution is 2.23. The van der Waals surface area contributed by atoms with Crippen molar-refractivity contribution in [3.05, 3.63) is 47.2 Å². The second-order valence-corrected chi connectivity index (χ2v) is 8.30. The molecular formula is C17H20ClN3O3S. The van der Waals surface area contributed by atoms with Crippen LogP contribution in [0.4, 0.5) is 0 Å². The molecule has 2 aromatic rings. The zero-order valence-corrected chi connectivity index (χ0v) is 15.5. The normalized spacial score (nSPS) is 18.9. The minimum absolute atomic E-state index is 0.209. The van der Waals surface area contributed by atoms with Gasteiger partial charge in [0.15, 0.2) is 0 Å². The zero-order valence-electron chi connectivity index (χ0n) is 13.9. The quantitative estimate of drug-likeness (QED) is 0.796. The van der Waals surface area contributed by atoms with Crippen molar-refractivity contribution >= 4 is 21.6 Å². The van der Waals surface area contributed by atoms with E-state index in [1.54, 1.807) is 12.1 Å². The highest BCUT2D eigenvalue weighted by Gasteiger charge is 2.31. The molecule has 25 heavy (non-hydrogen) atoms. The smallest absolute Gasteiger partial charge is 0.316 e. The largest absolute Gasteiger partial charge is 0.459 e. The first-order valence-corrected chi connectivity index (χ1v) is 10.0. The van der Waals surface area contributed by atoms with E-state index in [0.717, 1.165) is 24.8 Å². The minimum Gasteiger partial charge on any atom is -0.459 e. The SMILES string of the molecule is CCc1ccc(S(=O)(=O)N2CCCC(Oc3ncc(Cl)cn3)C2)cc1. The summed E-state index contributed by atoms with van der Waals surface area (Å²) in [4.78, 5) is 8.32. The molecule has 1 aliphatic heterocycles. The van der Waals surface area contributed by atoms with Crippen LogP contribution in [0.15, 0.2) is 41.6 Å². The second-order valence-electron chi connectivity index (χ2n) is 5.93. The second kappa shape index (κ2) is 7.68. The van der Waals surface area contributed by atoms with Gasteiger partial charge >= 0.3 is 6.01 Å². The molecule has 1 atom stereocenters. The molecular weight excluding hydrogens is 362 g/mol. The number of ether oxygens (including phenoxy) is 1. The van der Waals surface area contributed by atoms with Crippen LogP contribution in [0.25, 0.3) is 0 Å². The Kier molecular flexibility index (Phi) is 5.56. The van der Waals surface area contributed by atoms with Gasteiger partial charge in [0, 0.05) is 6.54 Å². The lowest BCUT2D eigenvalue weighted by Crippen LogP contribution is -2.44. The number of halogens is 1. The van der Waals surface area contributed by atoms with E-state index in [1.807, 2.05) is 19.1 Å². The van der Waals surface area contributed by atoms with E-state index in [-0.39, 0.29) is 18.7 Å². The molecule has 1 aromatic heterocycles. The van der Waals surface area contributed by atoms with Crippen LogP contribution in [0, 0.1) is 0 Å². The molecule has 8 heteroatoms. The van der Waals surface area contributed by atoms with Crippen LogP contribution in [0.2, 0.25) is 5.02 Å². The van der Waals surface area contributed by atoms with Crippen LogP contribution in [0.3, 0.4) is 0 Å². The highest BCUT2D eigenvalue weighted by atomic mass is 35.5. The molecule has 2 heterocycles. The predicted octanol–water partition coefficient (Wildman–Crippen LogP) is 2.92. The first kappa shape index (κ1) is 18.1. The summed E-state index contributed by atoms with van der Waals surface area (Å²) in [7, 11) is -3.53. The molecule has 1 fully saturated rings. The third-order valence-corrected chi connectivity index (χ3v) is 6.25. The third-order valence-electron chi connectivity index (χ3n) is 4.18. The summed E-state index contributed by atoms with van der Waals surface area (Å²) in [5.74, 6) is 0. The zero-order chi connectivity index (χ0) is 17.9. The van der Waals surface area contributed by atoms with Crippen molar-refractivity contribution in [1.82, 2.24) is 14.3 Å². The van der Waals surface area contributed by atoms with Gasteiger partial charge in [0.25, 0.3) is 0 Å². The fourth-order valence-corrected chi connectivity index (χ4v) is 4.38. The first-order chi connectivity index (χ1) is 12.0. The fraction of sp³-hybridized carbons (Fsp3) is 0.412. The Morgan fingerprint density at radius 1 is 1.24 bits per heavy atom. The van der Waals surface area contributed by atoms with Crippen LogP contribution >= 0.6 is 11.6 Å². The number of sulfonamides is 1. The van der Waals surface area contributed by atoms with Crippen molar-refractivity contribution in [1.29, 1.82) is 0 Å². The Balaban J connectivity index is 1.71. The molecule has 1 aromatic carbocycles. The molecule has 0 spiro atoms. The van der Waals surface area contributed by atoms with Crippen LogP contribution in [0.1, 0.15) is 25.3 Å². The van der Waals surface area contributed by atoms with Crippen molar-refractivity contribution in [3.63, 3.8) is 0 Å². The number of aryl methyl sites for hydroxylation is 1. The van der Waals surface area contributed by atoms with Gasteiger partial charge in [-0.25, -0.2) is 18.4 Å². The number of hydrogen-bond acceptors (Lipinski definition) is 5. The molecule has 134 valence electrons. The number of piperidine rings is 1. The standard InChI is InChI=1S/C17H20ClN3O3S/c1-2-13-5-7-16(8-6-13)25(22,23)21-9-3-4-15(12-21)24-17-19-10-14(18)11-20-17/h5-8,10-11,15H,2-4,9,12H2,1H3. The average Bonchev–Trinajstić information content (AvgIpc) is 2.64. The van der Waals surface area contributed by atoms with Gasteiger partial charge in [0.05, 0.1) is 28.9 Å². The minimum atomic E-state index is -3.53. The number of nitrogens with zero attached hydrogens (tertiary/aromatic N) is 3. The van der Waals surface area contributed by atoms with E-state index < -0.39 is 10.0 Å². The lowest BCUT2D eigenvalue weighted by atomic mass is 10.1. The summed E-state index contributed by atoms with van der Waals surface area (Å²) in [6.07, 6.45) is 4.99. The van der Waals surface area contributed by atoms with Gasteiger partial charge in [0.2, 0.25) is 10.0 Å². The first-order valence-electron chi connectivity index (χ1n) is 8.22. The molecule has 3 rings (SSSR count). The maximum Gasteiger partial charge on any atom is 0.316 e. The topological polar surface area (TPSA) is 72.4 Å². The molecule has 0 saturated carbocycles. The van der Waals surface area contributed by atoms with Crippen molar-refractivity contribution in [3.8, 4) is 6.01 Å². The number of hydrogen-bond donors (Lipinski definition) is 0. The molecule has 0 bridgehead atoms. The molecule has 6 nitrogen and oxygen atoms in total. The number of rotatable bonds is 5. The van der Waals surface area contributed by atoms with Crippen molar-refractivity contribution < 1.29 is 13.2 Å². The summed E-state index contributed by atoms with van der Waals surface area (Å²) in [5, 5.41) is 0.427. The molecule has 1 saturated heterocycles. The van der Waals surface area contributed by atoms with Gasteiger partial charge < -0.3 is 4.74 Å². The van der Waals surface area contributed by atoms with E-state index >= 15 is 0 Å². The van der Waals surface area contributed by atoms with Crippen molar-refractivity contribution in [2.24, 2.45) is 0 Å². The fourth-order valence-electron chi connectivity index (χ4n) is 2.78. The van der Waals surface area contributed by atoms with E-state index in [2.05, 4.69) is 9.97 Å². The van der Waals surface area contributed by atoms with Crippen LogP contribution < -0.4 is 4.74 Å². The maximum atomic E-state index is 12.9. The Bertz CT molecular complexity index is 810. The monoisotopic (exact) mass is 381 g/mol. The maximum absolute atomic E-state index is 12.9. The summed E-state index contributed by atoms with van der Waals surface area (Å²) in [6.45, 7) is 2.80. The summed E-state index contributed by atoms with van der Waals surface area (Å²) >= 11 is 5.76. The van der Waals surface area contributed by atoms with Gasteiger partial charge in [-0.3, -0.25) is 0 Å². The average molecular weight is 382 g/mol. The van der Waals surface area contributed by atoms with Gasteiger partial charge in [0.1, 0.15) is 6.10 Å². The Morgan fingerprint density at radius 2 is 1.92 bits per heavy atom.